The van der Waals surface area contributed by atoms with Crippen LogP contribution in [0.4, 0.5) is 5.82 Å². The zero-order chi connectivity index (χ0) is 13.9. The first kappa shape index (κ1) is 12.5. The van der Waals surface area contributed by atoms with Crippen LogP contribution in [0.15, 0.2) is 41.9 Å². The van der Waals surface area contributed by atoms with E-state index in [2.05, 4.69) is 20.1 Å². The van der Waals surface area contributed by atoms with Crippen LogP contribution < -0.4 is 5.01 Å². The van der Waals surface area contributed by atoms with Crippen molar-refractivity contribution in [1.29, 1.82) is 0 Å². The van der Waals surface area contributed by atoms with E-state index in [1.165, 1.54) is 5.01 Å². The number of H-pyrrole nitrogens is 1. The van der Waals surface area contributed by atoms with E-state index in [4.69, 9.17) is 0 Å². The molecule has 0 aliphatic carbocycles. The quantitative estimate of drug-likeness (QED) is 0.919. The van der Waals surface area contributed by atoms with Crippen LogP contribution in [0.25, 0.3) is 0 Å². The summed E-state index contributed by atoms with van der Waals surface area (Å²) in [5.74, 6) is 1.16. The molecule has 3 heterocycles. The maximum absolute atomic E-state index is 12.4. The zero-order valence-corrected chi connectivity index (χ0v) is 11.2. The Morgan fingerprint density at radius 3 is 2.85 bits per heavy atom. The molecule has 1 aliphatic heterocycles. The van der Waals surface area contributed by atoms with Gasteiger partial charge in [0, 0.05) is 25.0 Å². The number of nitrogens with one attached hydrogen (secondary N) is 1. The van der Waals surface area contributed by atoms with Crippen LogP contribution in [0, 0.1) is 5.92 Å². The number of hydrazone groups is 1. The van der Waals surface area contributed by atoms with Crippen molar-refractivity contribution in [2.45, 2.75) is 19.8 Å². The zero-order valence-electron chi connectivity index (χ0n) is 11.2. The molecule has 0 saturated heterocycles. The molecule has 2 aromatic rings. The molecule has 6 heteroatoms. The summed E-state index contributed by atoms with van der Waals surface area (Å²) in [6, 6.07) is 5.44. The predicted molar refractivity (Wildman–Crippen MR) is 75.2 cm³/mol. The molecule has 6 nitrogen and oxygen atoms in total. The van der Waals surface area contributed by atoms with Crippen LogP contribution in [-0.2, 0) is 11.2 Å². The van der Waals surface area contributed by atoms with E-state index in [0.29, 0.717) is 12.2 Å². The number of imidazole rings is 1. The van der Waals surface area contributed by atoms with Gasteiger partial charge in [-0.05, 0) is 18.6 Å². The lowest BCUT2D eigenvalue weighted by Crippen LogP contribution is -2.28. The van der Waals surface area contributed by atoms with Gasteiger partial charge in [0.25, 0.3) is 5.91 Å². The minimum atomic E-state index is -0.192. The molecule has 3 rings (SSSR count). The van der Waals surface area contributed by atoms with Gasteiger partial charge < -0.3 is 4.98 Å². The van der Waals surface area contributed by atoms with E-state index in [1.54, 1.807) is 24.7 Å². The van der Waals surface area contributed by atoms with Crippen molar-refractivity contribution >= 4 is 17.4 Å². The molecule has 20 heavy (non-hydrogen) atoms. The van der Waals surface area contributed by atoms with Gasteiger partial charge in [-0.2, -0.15) is 10.1 Å². The van der Waals surface area contributed by atoms with Crippen molar-refractivity contribution in [3.05, 3.63) is 42.6 Å². The van der Waals surface area contributed by atoms with Gasteiger partial charge in [0.15, 0.2) is 5.82 Å². The van der Waals surface area contributed by atoms with E-state index in [1.807, 2.05) is 19.1 Å². The number of hydrogen-bond acceptors (Lipinski definition) is 4. The van der Waals surface area contributed by atoms with Gasteiger partial charge in [-0.25, -0.2) is 9.97 Å². The SMILES string of the molecule is CCC1C(=O)N(c2ccccn2)N=C1Cc1ncc[nH]1. The van der Waals surface area contributed by atoms with Crippen LogP contribution in [0.3, 0.4) is 0 Å². The Morgan fingerprint density at radius 2 is 2.20 bits per heavy atom. The normalized spacial score (nSPS) is 18.4. The molecule has 0 aromatic carbocycles. The van der Waals surface area contributed by atoms with Crippen LogP contribution >= 0.6 is 0 Å². The highest BCUT2D eigenvalue weighted by molar-refractivity contribution is 6.15. The number of carbonyl (C=O) groups is 1. The van der Waals surface area contributed by atoms with E-state index in [0.717, 1.165) is 18.0 Å². The van der Waals surface area contributed by atoms with Crippen molar-refractivity contribution in [2.75, 3.05) is 5.01 Å². The Labute approximate surface area is 116 Å². The van der Waals surface area contributed by atoms with Gasteiger partial charge in [0.2, 0.25) is 0 Å². The van der Waals surface area contributed by atoms with E-state index < -0.39 is 0 Å². The summed E-state index contributed by atoms with van der Waals surface area (Å²) in [7, 11) is 0. The molecule has 0 saturated carbocycles. The molecule has 0 bridgehead atoms. The van der Waals surface area contributed by atoms with Gasteiger partial charge in [-0.15, -0.1) is 0 Å². The maximum Gasteiger partial charge on any atom is 0.257 e. The fourth-order valence-electron chi connectivity index (χ4n) is 2.32. The highest BCUT2D eigenvalue weighted by atomic mass is 16.2. The second-order valence-corrected chi connectivity index (χ2v) is 4.60. The molecular weight excluding hydrogens is 254 g/mol. The third kappa shape index (κ3) is 2.20. The van der Waals surface area contributed by atoms with Gasteiger partial charge in [0.05, 0.1) is 11.6 Å². The first-order chi connectivity index (χ1) is 9.79. The molecule has 1 amide bonds. The molecule has 2 aromatic heterocycles. The summed E-state index contributed by atoms with van der Waals surface area (Å²) in [5, 5.41) is 5.84. The monoisotopic (exact) mass is 269 g/mol. The molecule has 0 radical (unpaired) electrons. The number of pyridine rings is 1. The van der Waals surface area contributed by atoms with Crippen LogP contribution in [-0.4, -0.2) is 26.6 Å². The number of amides is 1. The predicted octanol–water partition coefficient (Wildman–Crippen LogP) is 1.78. The minimum absolute atomic E-state index is 0.0206. The second kappa shape index (κ2) is 5.24. The van der Waals surface area contributed by atoms with Crippen molar-refractivity contribution in [1.82, 2.24) is 15.0 Å². The third-order valence-corrected chi connectivity index (χ3v) is 3.32. The summed E-state index contributed by atoms with van der Waals surface area (Å²) >= 11 is 0. The Balaban J connectivity index is 1.89. The van der Waals surface area contributed by atoms with E-state index in [-0.39, 0.29) is 11.8 Å². The van der Waals surface area contributed by atoms with E-state index in [9.17, 15) is 4.79 Å². The van der Waals surface area contributed by atoms with Gasteiger partial charge in [0.1, 0.15) is 5.82 Å². The lowest BCUT2D eigenvalue weighted by atomic mass is 9.98. The summed E-state index contributed by atoms with van der Waals surface area (Å²) in [6.07, 6.45) is 6.40. The number of anilines is 1. The topological polar surface area (TPSA) is 74.2 Å². The number of aromatic nitrogens is 3. The largest absolute Gasteiger partial charge is 0.348 e. The van der Waals surface area contributed by atoms with Crippen LogP contribution in [0.1, 0.15) is 19.2 Å². The lowest BCUT2D eigenvalue weighted by molar-refractivity contribution is -0.119. The maximum atomic E-state index is 12.4. The van der Waals surface area contributed by atoms with Gasteiger partial charge >= 0.3 is 0 Å². The summed E-state index contributed by atoms with van der Waals surface area (Å²) in [5.41, 5.74) is 0.832. The van der Waals surface area contributed by atoms with E-state index >= 15 is 0 Å². The molecule has 0 spiro atoms. The van der Waals surface area contributed by atoms with Gasteiger partial charge in [-0.3, -0.25) is 4.79 Å². The molecule has 102 valence electrons. The van der Waals surface area contributed by atoms with Crippen molar-refractivity contribution < 1.29 is 4.79 Å². The van der Waals surface area contributed by atoms with Crippen molar-refractivity contribution in [3.8, 4) is 0 Å². The Kier molecular flexibility index (Phi) is 3.28. The standard InChI is InChI=1S/C14H15N5O/c1-2-10-11(9-12-15-7-8-16-12)18-19(14(10)20)13-5-3-4-6-17-13/h3-8,10H,2,9H2,1H3,(H,15,16). The first-order valence-electron chi connectivity index (χ1n) is 6.60. The Bertz CT molecular complexity index is 620. The number of aromatic amines is 1. The minimum Gasteiger partial charge on any atom is -0.348 e. The Hall–Kier alpha value is -2.50. The summed E-state index contributed by atoms with van der Waals surface area (Å²) in [4.78, 5) is 23.8. The molecule has 1 unspecified atom stereocenters. The molecule has 1 aliphatic rings. The molecular formula is C14H15N5O. The lowest BCUT2D eigenvalue weighted by Gasteiger charge is -2.11. The molecule has 1 atom stereocenters. The average Bonchev–Trinajstić information content (AvgIpc) is 3.08. The number of rotatable bonds is 4. The van der Waals surface area contributed by atoms with Crippen LogP contribution in [0.2, 0.25) is 0 Å². The average molecular weight is 269 g/mol. The van der Waals surface area contributed by atoms with Crippen molar-refractivity contribution in [2.24, 2.45) is 11.0 Å². The van der Waals surface area contributed by atoms with Crippen LogP contribution in [0.5, 0.6) is 0 Å². The number of nitrogens with zero attached hydrogens (tertiary/aromatic N) is 4. The number of hydrogen-bond donors (Lipinski definition) is 1. The third-order valence-electron chi connectivity index (χ3n) is 3.32. The smallest absolute Gasteiger partial charge is 0.257 e. The highest BCUT2D eigenvalue weighted by Crippen LogP contribution is 2.25. The fourth-order valence-corrected chi connectivity index (χ4v) is 2.32. The first-order valence-corrected chi connectivity index (χ1v) is 6.60. The Morgan fingerprint density at radius 1 is 1.30 bits per heavy atom. The molecule has 0 fully saturated rings. The number of carbonyl (C=O) groups excluding carboxylic acids is 1. The fraction of sp³-hybridized carbons (Fsp3) is 0.286. The summed E-state index contributed by atoms with van der Waals surface area (Å²) in [6.45, 7) is 1.99. The summed E-state index contributed by atoms with van der Waals surface area (Å²) < 4.78 is 0. The second-order valence-electron chi connectivity index (χ2n) is 4.60. The highest BCUT2D eigenvalue weighted by Gasteiger charge is 2.35. The van der Waals surface area contributed by atoms with Gasteiger partial charge in [-0.1, -0.05) is 13.0 Å². The molecule has 1 N–H and O–H groups in total. The van der Waals surface area contributed by atoms with Crippen molar-refractivity contribution in [3.63, 3.8) is 0 Å².